The molecule has 0 rings (SSSR count). The molecule has 0 heterocycles. The zero-order chi connectivity index (χ0) is 56.2. The lowest BCUT2D eigenvalue weighted by molar-refractivity contribution is -0.161. The van der Waals surface area contributed by atoms with Gasteiger partial charge in [0, 0.05) is 12.8 Å². The normalized spacial score (nSPS) is 13.3. The molecule has 0 aromatic heterocycles. The molecular formula is C73H118O5. The molecule has 0 aromatic carbocycles. The third kappa shape index (κ3) is 64.0. The topological polar surface area (TPSA) is 72.8 Å². The molecule has 0 aromatic rings. The molecule has 1 unspecified atom stereocenters. The highest BCUT2D eigenvalue weighted by atomic mass is 16.6. The fourth-order valence-corrected chi connectivity index (χ4v) is 8.61. The van der Waals surface area contributed by atoms with Gasteiger partial charge in [-0.05, 0) is 116 Å². The summed E-state index contributed by atoms with van der Waals surface area (Å²) in [5, 5.41) is 9.66. The average Bonchev–Trinajstić information content (AvgIpc) is 3.44. The molecule has 0 saturated carbocycles. The lowest BCUT2D eigenvalue weighted by atomic mass is 10.0. The Labute approximate surface area is 481 Å². The first-order chi connectivity index (χ1) is 38.6. The highest BCUT2D eigenvalue weighted by Crippen LogP contribution is 2.16. The van der Waals surface area contributed by atoms with Crippen molar-refractivity contribution in [2.24, 2.45) is 0 Å². The number of aliphatic hydroxyl groups is 1. The van der Waals surface area contributed by atoms with Gasteiger partial charge in [0.15, 0.2) is 6.10 Å². The van der Waals surface area contributed by atoms with E-state index < -0.39 is 6.10 Å². The Balaban J connectivity index is 3.52. The number of hydrogen-bond acceptors (Lipinski definition) is 5. The molecule has 0 spiro atoms. The Morgan fingerprint density at radius 2 is 0.526 bits per heavy atom. The van der Waals surface area contributed by atoms with Gasteiger partial charge in [-0.2, -0.15) is 0 Å². The molecule has 78 heavy (non-hydrogen) atoms. The largest absolute Gasteiger partial charge is 0.462 e. The number of ether oxygens (including phenoxy) is 2. The van der Waals surface area contributed by atoms with E-state index in [2.05, 4.69) is 172 Å². The van der Waals surface area contributed by atoms with Crippen molar-refractivity contribution in [1.29, 1.82) is 0 Å². The zero-order valence-electron chi connectivity index (χ0n) is 50.4. The molecule has 5 heteroatoms. The summed E-state index contributed by atoms with van der Waals surface area (Å²) < 4.78 is 10.7. The molecule has 0 radical (unpaired) electrons. The van der Waals surface area contributed by atoms with Crippen LogP contribution in [-0.2, 0) is 19.1 Å². The monoisotopic (exact) mass is 1070 g/mol. The van der Waals surface area contributed by atoms with Gasteiger partial charge in [-0.1, -0.05) is 300 Å². The first-order valence-corrected chi connectivity index (χ1v) is 32.0. The molecule has 5 nitrogen and oxygen atoms in total. The summed E-state index contributed by atoms with van der Waals surface area (Å²) in [4.78, 5) is 24.5. The van der Waals surface area contributed by atoms with Gasteiger partial charge in [-0.15, -0.1) is 0 Å². The van der Waals surface area contributed by atoms with Gasteiger partial charge in [0.1, 0.15) is 6.61 Å². The van der Waals surface area contributed by atoms with E-state index in [1.807, 2.05) is 0 Å². The summed E-state index contributed by atoms with van der Waals surface area (Å²) in [6, 6.07) is 0. The summed E-state index contributed by atoms with van der Waals surface area (Å²) in [6.45, 7) is 3.87. The van der Waals surface area contributed by atoms with E-state index in [1.54, 1.807) is 0 Å². The minimum absolute atomic E-state index is 0.0955. The molecule has 0 aliphatic heterocycles. The van der Waals surface area contributed by atoms with Crippen molar-refractivity contribution in [3.8, 4) is 0 Å². The minimum atomic E-state index is -0.812. The highest BCUT2D eigenvalue weighted by Gasteiger charge is 2.16. The number of aliphatic hydroxyl groups excluding tert-OH is 1. The van der Waals surface area contributed by atoms with Crippen molar-refractivity contribution < 1.29 is 24.2 Å². The summed E-state index contributed by atoms with van der Waals surface area (Å²) in [5.41, 5.74) is 0. The fraction of sp³-hybridized carbons (Fsp3) is 0.616. The number of carbonyl (C=O) groups excluding carboxylic acids is 2. The Hall–Kier alpha value is -4.48. The van der Waals surface area contributed by atoms with Crippen LogP contribution in [0.4, 0.5) is 0 Å². The number of esters is 2. The van der Waals surface area contributed by atoms with E-state index in [9.17, 15) is 14.7 Å². The van der Waals surface area contributed by atoms with Crippen LogP contribution < -0.4 is 0 Å². The lowest BCUT2D eigenvalue weighted by Crippen LogP contribution is -2.28. The molecule has 0 fully saturated rings. The Morgan fingerprint density at radius 3 is 0.808 bits per heavy atom. The maximum absolute atomic E-state index is 12.3. The number of unbranched alkanes of at least 4 members (excludes halogenated alkanes) is 23. The molecule has 0 amide bonds. The van der Waals surface area contributed by atoms with E-state index in [-0.39, 0.29) is 31.6 Å². The Bertz CT molecular complexity index is 1690. The number of allylic oxidation sites excluding steroid dienone is 26. The molecule has 0 bridgehead atoms. The lowest BCUT2D eigenvalue weighted by Gasteiger charge is -2.15. The number of carbonyl (C=O) groups is 2. The first kappa shape index (κ1) is 73.5. The van der Waals surface area contributed by atoms with Crippen LogP contribution in [0.5, 0.6) is 0 Å². The first-order valence-electron chi connectivity index (χ1n) is 32.0. The predicted molar refractivity (Wildman–Crippen MR) is 343 cm³/mol. The molecule has 1 atom stereocenters. The third-order valence-electron chi connectivity index (χ3n) is 13.3. The van der Waals surface area contributed by atoms with E-state index in [4.69, 9.17) is 9.47 Å². The van der Waals surface area contributed by atoms with Gasteiger partial charge in [0.2, 0.25) is 0 Å². The molecule has 0 aliphatic carbocycles. The molecule has 0 aliphatic rings. The molecular weight excluding hydrogens is 957 g/mol. The van der Waals surface area contributed by atoms with Gasteiger partial charge in [0.05, 0.1) is 6.61 Å². The standard InChI is InChI=1S/C73H118O5/c1-3-5-7-9-11-13-15-17-19-21-23-25-27-28-29-30-31-32-33-34-35-36-37-38-39-40-41-42-43-44-46-47-49-51-53-55-57-59-61-63-65-67-72(75)77-70-71(69-74)78-73(76)68-66-64-62-60-58-56-54-52-50-48-45-26-24-22-20-18-16-14-12-10-8-6-4-2/h5-8,11-14,17-20,23-26,28-29,31-32,48,50,54,56,60,62,71,74H,3-4,9-10,15-16,21-22,27,30,33-47,49,51-53,55,57-59,61,63-70H2,1-2H3/b7-5-,8-6-,13-11-,14-12-,19-17-,20-18-,25-23-,26-24-,29-28-,32-31-,50-48-,56-54-,62-60-. The van der Waals surface area contributed by atoms with Crippen molar-refractivity contribution in [1.82, 2.24) is 0 Å². The van der Waals surface area contributed by atoms with Crippen molar-refractivity contribution >= 4 is 11.9 Å². The van der Waals surface area contributed by atoms with E-state index in [0.29, 0.717) is 12.8 Å². The molecule has 440 valence electrons. The summed E-state index contributed by atoms with van der Waals surface area (Å²) in [6.07, 6.45) is 103. The van der Waals surface area contributed by atoms with Crippen molar-refractivity contribution in [3.63, 3.8) is 0 Å². The predicted octanol–water partition coefficient (Wildman–Crippen LogP) is 22.3. The summed E-state index contributed by atoms with van der Waals surface area (Å²) in [5.74, 6) is -0.662. The quantitative estimate of drug-likeness (QED) is 0.0373. The van der Waals surface area contributed by atoms with Crippen LogP contribution in [0.2, 0.25) is 0 Å². The fourth-order valence-electron chi connectivity index (χ4n) is 8.61. The van der Waals surface area contributed by atoms with Crippen molar-refractivity contribution in [3.05, 3.63) is 158 Å². The van der Waals surface area contributed by atoms with Crippen LogP contribution in [0.15, 0.2) is 158 Å². The number of rotatable bonds is 57. The van der Waals surface area contributed by atoms with Gasteiger partial charge in [-0.3, -0.25) is 9.59 Å². The van der Waals surface area contributed by atoms with Gasteiger partial charge < -0.3 is 14.6 Å². The van der Waals surface area contributed by atoms with E-state index in [1.165, 1.54) is 128 Å². The van der Waals surface area contributed by atoms with Crippen LogP contribution in [0.1, 0.15) is 271 Å². The molecule has 0 saturated heterocycles. The van der Waals surface area contributed by atoms with Gasteiger partial charge in [-0.25, -0.2) is 0 Å². The maximum Gasteiger partial charge on any atom is 0.306 e. The van der Waals surface area contributed by atoms with Crippen LogP contribution >= 0.6 is 0 Å². The van der Waals surface area contributed by atoms with Crippen LogP contribution in [0.25, 0.3) is 0 Å². The van der Waals surface area contributed by atoms with Crippen LogP contribution in [0.3, 0.4) is 0 Å². The van der Waals surface area contributed by atoms with E-state index >= 15 is 0 Å². The van der Waals surface area contributed by atoms with Crippen LogP contribution in [-0.4, -0.2) is 36.4 Å². The third-order valence-corrected chi connectivity index (χ3v) is 13.3. The zero-order valence-corrected chi connectivity index (χ0v) is 50.4. The van der Waals surface area contributed by atoms with Crippen molar-refractivity contribution in [2.75, 3.05) is 13.2 Å². The summed E-state index contributed by atoms with van der Waals surface area (Å²) >= 11 is 0. The molecule has 1 N–H and O–H groups in total. The second kappa shape index (κ2) is 66.8. The maximum atomic E-state index is 12.3. The Morgan fingerprint density at radius 1 is 0.295 bits per heavy atom. The average molecular weight is 1080 g/mol. The Kier molecular flexibility index (Phi) is 63.0. The minimum Gasteiger partial charge on any atom is -0.462 e. The van der Waals surface area contributed by atoms with Gasteiger partial charge in [0.25, 0.3) is 0 Å². The smallest absolute Gasteiger partial charge is 0.306 e. The van der Waals surface area contributed by atoms with E-state index in [0.717, 1.165) is 109 Å². The summed E-state index contributed by atoms with van der Waals surface area (Å²) in [7, 11) is 0. The SMILES string of the molecule is CC/C=C\C/C=C\C/C=C\C/C=C\C/C=C\C/C=C\C/C=C\CCCC(=O)OC(CO)COC(=O)CCCCCCCCCCCCCCCCCCCCCCCC/C=C\C/C=C\C/C=C\C/C=C\C/C=C\C/C=C\CC. The second-order valence-electron chi connectivity index (χ2n) is 20.7. The second-order valence-corrected chi connectivity index (χ2v) is 20.7. The van der Waals surface area contributed by atoms with Crippen LogP contribution in [0, 0.1) is 0 Å². The number of hydrogen-bond donors (Lipinski definition) is 1. The van der Waals surface area contributed by atoms with Gasteiger partial charge >= 0.3 is 11.9 Å². The highest BCUT2D eigenvalue weighted by molar-refractivity contribution is 5.70. The van der Waals surface area contributed by atoms with Crippen molar-refractivity contribution in [2.45, 2.75) is 277 Å².